The van der Waals surface area contributed by atoms with Gasteiger partial charge in [0.05, 0.1) is 0 Å². The van der Waals surface area contributed by atoms with E-state index in [9.17, 15) is 0 Å². The third-order valence-electron chi connectivity index (χ3n) is 3.63. The summed E-state index contributed by atoms with van der Waals surface area (Å²) < 4.78 is 0. The van der Waals surface area contributed by atoms with Crippen LogP contribution in [0.15, 0.2) is 18.2 Å². The molecule has 0 aliphatic heterocycles. The lowest BCUT2D eigenvalue weighted by Crippen LogP contribution is -2.12. The standard InChI is InChI=1S/C14H20/c1-5-11-9-14(3,4)13-7-6-10(2)8-12(11)13/h6-8,11H,5,9H2,1-4H3. The van der Waals surface area contributed by atoms with Crippen LogP contribution in [0, 0.1) is 6.92 Å². The molecule has 0 heteroatoms. The zero-order valence-corrected chi connectivity index (χ0v) is 9.72. The van der Waals surface area contributed by atoms with Gasteiger partial charge in [-0.15, -0.1) is 0 Å². The van der Waals surface area contributed by atoms with E-state index in [0.29, 0.717) is 5.41 Å². The monoisotopic (exact) mass is 188 g/mol. The van der Waals surface area contributed by atoms with Crippen LogP contribution in [0.3, 0.4) is 0 Å². The summed E-state index contributed by atoms with van der Waals surface area (Å²) in [5.41, 5.74) is 4.98. The Balaban J connectivity index is 2.54. The third-order valence-corrected chi connectivity index (χ3v) is 3.63. The summed E-state index contributed by atoms with van der Waals surface area (Å²) in [6.07, 6.45) is 2.60. The quantitative estimate of drug-likeness (QED) is 0.620. The fourth-order valence-corrected chi connectivity index (χ4v) is 2.84. The molecule has 1 atom stereocenters. The molecule has 0 aromatic heterocycles. The molecule has 1 aromatic carbocycles. The van der Waals surface area contributed by atoms with E-state index in [2.05, 4.69) is 45.9 Å². The normalized spacial score (nSPS) is 23.6. The highest BCUT2D eigenvalue weighted by Crippen LogP contribution is 2.47. The van der Waals surface area contributed by atoms with Gasteiger partial charge in [-0.2, -0.15) is 0 Å². The Labute approximate surface area is 87.3 Å². The SMILES string of the molecule is CCC1CC(C)(C)c2ccc(C)cc21. The van der Waals surface area contributed by atoms with Gasteiger partial charge in [0.25, 0.3) is 0 Å². The Morgan fingerprint density at radius 3 is 2.71 bits per heavy atom. The molecular weight excluding hydrogens is 168 g/mol. The van der Waals surface area contributed by atoms with Gasteiger partial charge in [-0.05, 0) is 42.2 Å². The van der Waals surface area contributed by atoms with Crippen LogP contribution in [0.2, 0.25) is 0 Å². The molecule has 0 amide bonds. The van der Waals surface area contributed by atoms with Crippen molar-refractivity contribution in [1.29, 1.82) is 0 Å². The summed E-state index contributed by atoms with van der Waals surface area (Å²) in [6.45, 7) is 9.24. The Bertz CT molecular complexity index is 347. The summed E-state index contributed by atoms with van der Waals surface area (Å²) in [6, 6.07) is 6.97. The van der Waals surface area contributed by atoms with E-state index < -0.39 is 0 Å². The van der Waals surface area contributed by atoms with Gasteiger partial charge in [0.2, 0.25) is 0 Å². The maximum atomic E-state index is 2.39. The van der Waals surface area contributed by atoms with Gasteiger partial charge in [0, 0.05) is 0 Å². The third kappa shape index (κ3) is 1.37. The van der Waals surface area contributed by atoms with Gasteiger partial charge in [-0.3, -0.25) is 0 Å². The molecule has 0 N–H and O–H groups in total. The van der Waals surface area contributed by atoms with Crippen LogP contribution in [-0.2, 0) is 5.41 Å². The van der Waals surface area contributed by atoms with Crippen molar-refractivity contribution in [3.8, 4) is 0 Å². The predicted octanol–water partition coefficient (Wildman–Crippen LogP) is 4.17. The average Bonchev–Trinajstić information content (AvgIpc) is 2.37. The van der Waals surface area contributed by atoms with Crippen LogP contribution in [0.4, 0.5) is 0 Å². The molecule has 1 aromatic rings. The highest BCUT2D eigenvalue weighted by Gasteiger charge is 2.35. The smallest absolute Gasteiger partial charge is 0.00949 e. The second kappa shape index (κ2) is 3.12. The highest BCUT2D eigenvalue weighted by atomic mass is 14.4. The van der Waals surface area contributed by atoms with Crippen molar-refractivity contribution >= 4 is 0 Å². The molecule has 0 saturated heterocycles. The fourth-order valence-electron chi connectivity index (χ4n) is 2.84. The van der Waals surface area contributed by atoms with E-state index in [4.69, 9.17) is 0 Å². The Kier molecular flexibility index (Phi) is 2.17. The Morgan fingerprint density at radius 2 is 2.07 bits per heavy atom. The van der Waals surface area contributed by atoms with Gasteiger partial charge in [0.15, 0.2) is 0 Å². The number of benzene rings is 1. The molecule has 0 heterocycles. The minimum Gasteiger partial charge on any atom is -0.0648 e. The lowest BCUT2D eigenvalue weighted by Gasteiger charge is -2.19. The Hall–Kier alpha value is -0.780. The van der Waals surface area contributed by atoms with Gasteiger partial charge in [-0.1, -0.05) is 44.5 Å². The molecule has 1 aliphatic carbocycles. The van der Waals surface area contributed by atoms with Gasteiger partial charge in [0.1, 0.15) is 0 Å². The summed E-state index contributed by atoms with van der Waals surface area (Å²) in [5, 5.41) is 0. The number of hydrogen-bond acceptors (Lipinski definition) is 0. The van der Waals surface area contributed by atoms with E-state index in [-0.39, 0.29) is 0 Å². The number of hydrogen-bond donors (Lipinski definition) is 0. The van der Waals surface area contributed by atoms with Crippen LogP contribution >= 0.6 is 0 Å². The first-order valence-corrected chi connectivity index (χ1v) is 5.65. The minimum atomic E-state index is 0.393. The minimum absolute atomic E-state index is 0.393. The lowest BCUT2D eigenvalue weighted by molar-refractivity contribution is 0.469. The van der Waals surface area contributed by atoms with Crippen LogP contribution in [0.1, 0.15) is 56.2 Å². The lowest BCUT2D eigenvalue weighted by atomic mass is 9.86. The molecular formula is C14H20. The molecule has 0 spiro atoms. The van der Waals surface area contributed by atoms with Crippen molar-refractivity contribution in [2.75, 3.05) is 0 Å². The van der Waals surface area contributed by atoms with Crippen molar-refractivity contribution in [3.05, 3.63) is 34.9 Å². The second-order valence-corrected chi connectivity index (χ2v) is 5.28. The topological polar surface area (TPSA) is 0 Å². The van der Waals surface area contributed by atoms with Crippen LogP contribution in [0.5, 0.6) is 0 Å². The average molecular weight is 188 g/mol. The van der Waals surface area contributed by atoms with E-state index in [1.54, 1.807) is 11.1 Å². The fraction of sp³-hybridized carbons (Fsp3) is 0.571. The molecule has 0 saturated carbocycles. The molecule has 0 radical (unpaired) electrons. The Morgan fingerprint density at radius 1 is 1.36 bits per heavy atom. The first-order chi connectivity index (χ1) is 6.54. The molecule has 0 bridgehead atoms. The number of rotatable bonds is 1. The largest absolute Gasteiger partial charge is 0.0648 e. The maximum absolute atomic E-state index is 2.39. The van der Waals surface area contributed by atoms with Crippen molar-refractivity contribution < 1.29 is 0 Å². The zero-order valence-electron chi connectivity index (χ0n) is 9.72. The summed E-state index contributed by atoms with van der Waals surface area (Å²) in [5.74, 6) is 0.792. The van der Waals surface area contributed by atoms with E-state index >= 15 is 0 Å². The first-order valence-electron chi connectivity index (χ1n) is 5.65. The second-order valence-electron chi connectivity index (χ2n) is 5.28. The molecule has 14 heavy (non-hydrogen) atoms. The van der Waals surface area contributed by atoms with Gasteiger partial charge < -0.3 is 0 Å². The zero-order chi connectivity index (χ0) is 10.3. The number of aryl methyl sites for hydroxylation is 1. The van der Waals surface area contributed by atoms with Crippen molar-refractivity contribution in [2.45, 2.75) is 51.9 Å². The van der Waals surface area contributed by atoms with E-state index in [1.807, 2.05) is 0 Å². The summed E-state index contributed by atoms with van der Waals surface area (Å²) in [7, 11) is 0. The predicted molar refractivity (Wildman–Crippen MR) is 61.9 cm³/mol. The number of fused-ring (bicyclic) bond motifs is 1. The van der Waals surface area contributed by atoms with Crippen LogP contribution in [0.25, 0.3) is 0 Å². The van der Waals surface area contributed by atoms with Crippen molar-refractivity contribution in [3.63, 3.8) is 0 Å². The van der Waals surface area contributed by atoms with Crippen molar-refractivity contribution in [1.82, 2.24) is 0 Å². The molecule has 1 unspecified atom stereocenters. The summed E-state index contributed by atoms with van der Waals surface area (Å²) >= 11 is 0. The molecule has 0 fully saturated rings. The molecule has 76 valence electrons. The highest BCUT2D eigenvalue weighted by molar-refractivity contribution is 5.43. The van der Waals surface area contributed by atoms with Crippen molar-refractivity contribution in [2.24, 2.45) is 0 Å². The first kappa shape index (κ1) is 9.76. The van der Waals surface area contributed by atoms with E-state index in [1.165, 1.54) is 18.4 Å². The van der Waals surface area contributed by atoms with E-state index in [0.717, 1.165) is 5.92 Å². The maximum Gasteiger partial charge on any atom is -0.00949 e. The molecule has 2 rings (SSSR count). The molecule has 1 aliphatic rings. The van der Waals surface area contributed by atoms with Gasteiger partial charge in [-0.25, -0.2) is 0 Å². The summed E-state index contributed by atoms with van der Waals surface area (Å²) in [4.78, 5) is 0. The van der Waals surface area contributed by atoms with Crippen LogP contribution < -0.4 is 0 Å². The van der Waals surface area contributed by atoms with Crippen LogP contribution in [-0.4, -0.2) is 0 Å². The molecule has 0 nitrogen and oxygen atoms in total. The van der Waals surface area contributed by atoms with Gasteiger partial charge >= 0.3 is 0 Å².